The number of thioether (sulfide) groups is 1. The minimum absolute atomic E-state index is 0.795. The summed E-state index contributed by atoms with van der Waals surface area (Å²) >= 11 is 1.74. The SMILES string of the molecule is CSc1cccc(-c2cccc3nc(C)nn23)c1. The van der Waals surface area contributed by atoms with E-state index in [1.165, 1.54) is 4.90 Å². The zero-order chi connectivity index (χ0) is 12.5. The summed E-state index contributed by atoms with van der Waals surface area (Å²) in [6.07, 6.45) is 2.08. The third-order valence-corrected chi connectivity index (χ3v) is 3.56. The molecule has 0 radical (unpaired) electrons. The van der Waals surface area contributed by atoms with E-state index >= 15 is 0 Å². The molecule has 0 aliphatic rings. The third kappa shape index (κ3) is 1.88. The maximum Gasteiger partial charge on any atom is 0.156 e. The highest BCUT2D eigenvalue weighted by molar-refractivity contribution is 7.98. The summed E-state index contributed by atoms with van der Waals surface area (Å²) in [5, 5.41) is 4.44. The summed E-state index contributed by atoms with van der Waals surface area (Å²) in [6.45, 7) is 1.91. The number of benzene rings is 1. The molecular formula is C14H13N3S. The van der Waals surface area contributed by atoms with Gasteiger partial charge in [0.1, 0.15) is 5.82 Å². The third-order valence-electron chi connectivity index (χ3n) is 2.83. The summed E-state index contributed by atoms with van der Waals surface area (Å²) in [7, 11) is 0. The van der Waals surface area contributed by atoms with E-state index in [9.17, 15) is 0 Å². The molecule has 3 rings (SSSR count). The molecule has 1 aromatic carbocycles. The fraction of sp³-hybridized carbons (Fsp3) is 0.143. The van der Waals surface area contributed by atoms with Crippen molar-refractivity contribution in [3.63, 3.8) is 0 Å². The van der Waals surface area contributed by atoms with E-state index in [2.05, 4.69) is 46.7 Å². The smallest absolute Gasteiger partial charge is 0.156 e. The molecule has 0 fully saturated rings. The van der Waals surface area contributed by atoms with Crippen molar-refractivity contribution in [1.29, 1.82) is 0 Å². The molecule has 0 saturated heterocycles. The minimum atomic E-state index is 0.795. The summed E-state index contributed by atoms with van der Waals surface area (Å²) < 4.78 is 1.90. The lowest BCUT2D eigenvalue weighted by Gasteiger charge is -2.05. The van der Waals surface area contributed by atoms with Crippen molar-refractivity contribution >= 4 is 17.4 Å². The molecule has 0 amide bonds. The molecule has 2 aromatic heterocycles. The van der Waals surface area contributed by atoms with Crippen molar-refractivity contribution in [2.45, 2.75) is 11.8 Å². The van der Waals surface area contributed by atoms with Gasteiger partial charge in [0, 0.05) is 10.5 Å². The van der Waals surface area contributed by atoms with Crippen LogP contribution in [0.25, 0.3) is 16.9 Å². The number of hydrogen-bond donors (Lipinski definition) is 0. The molecule has 0 bridgehead atoms. The van der Waals surface area contributed by atoms with Crippen LogP contribution >= 0.6 is 11.8 Å². The van der Waals surface area contributed by atoms with Gasteiger partial charge in [-0.25, -0.2) is 9.50 Å². The van der Waals surface area contributed by atoms with E-state index in [1.807, 2.05) is 23.6 Å². The second kappa shape index (κ2) is 4.46. The average molecular weight is 255 g/mol. The molecule has 3 nitrogen and oxygen atoms in total. The van der Waals surface area contributed by atoms with Crippen LogP contribution in [0.5, 0.6) is 0 Å². The van der Waals surface area contributed by atoms with Gasteiger partial charge in [0.25, 0.3) is 0 Å². The summed E-state index contributed by atoms with van der Waals surface area (Å²) in [5.41, 5.74) is 3.13. The zero-order valence-corrected chi connectivity index (χ0v) is 11.1. The van der Waals surface area contributed by atoms with Crippen LogP contribution in [0.2, 0.25) is 0 Å². The molecule has 0 unspecified atom stereocenters. The number of rotatable bonds is 2. The van der Waals surface area contributed by atoms with Crippen LogP contribution in [0.15, 0.2) is 47.4 Å². The predicted molar refractivity (Wildman–Crippen MR) is 74.9 cm³/mol. The van der Waals surface area contributed by atoms with Crippen LogP contribution in [-0.2, 0) is 0 Å². The fourth-order valence-corrected chi connectivity index (χ4v) is 2.47. The largest absolute Gasteiger partial charge is 0.213 e. The van der Waals surface area contributed by atoms with Crippen molar-refractivity contribution in [2.75, 3.05) is 6.26 Å². The molecule has 0 aliphatic carbocycles. The normalized spacial score (nSPS) is 11.0. The van der Waals surface area contributed by atoms with E-state index in [4.69, 9.17) is 0 Å². The molecular weight excluding hydrogens is 242 g/mol. The number of fused-ring (bicyclic) bond motifs is 1. The van der Waals surface area contributed by atoms with Crippen molar-refractivity contribution in [3.8, 4) is 11.3 Å². The lowest BCUT2D eigenvalue weighted by atomic mass is 10.1. The van der Waals surface area contributed by atoms with E-state index in [0.717, 1.165) is 22.7 Å². The first-order valence-corrected chi connectivity index (χ1v) is 6.97. The lowest BCUT2D eigenvalue weighted by molar-refractivity contribution is 0.937. The van der Waals surface area contributed by atoms with Crippen LogP contribution in [0.4, 0.5) is 0 Å². The first-order chi connectivity index (χ1) is 8.78. The topological polar surface area (TPSA) is 30.2 Å². The van der Waals surface area contributed by atoms with Gasteiger partial charge in [-0.05, 0) is 37.4 Å². The van der Waals surface area contributed by atoms with Gasteiger partial charge in [-0.15, -0.1) is 11.8 Å². The van der Waals surface area contributed by atoms with E-state index in [-0.39, 0.29) is 0 Å². The highest BCUT2D eigenvalue weighted by Gasteiger charge is 2.06. The highest BCUT2D eigenvalue weighted by Crippen LogP contribution is 2.24. The zero-order valence-electron chi connectivity index (χ0n) is 10.3. The second-order valence-electron chi connectivity index (χ2n) is 4.07. The number of hydrogen-bond acceptors (Lipinski definition) is 3. The van der Waals surface area contributed by atoms with Crippen LogP contribution in [0.1, 0.15) is 5.82 Å². The molecule has 18 heavy (non-hydrogen) atoms. The quantitative estimate of drug-likeness (QED) is 0.657. The highest BCUT2D eigenvalue weighted by atomic mass is 32.2. The standard InChI is InChI=1S/C14H13N3S/c1-10-15-14-8-4-7-13(17(14)16-10)11-5-3-6-12(9-11)18-2/h3-9H,1-2H3. The van der Waals surface area contributed by atoms with Crippen LogP contribution < -0.4 is 0 Å². The molecule has 0 N–H and O–H groups in total. The van der Waals surface area contributed by atoms with E-state index in [1.54, 1.807) is 11.8 Å². The Bertz CT molecular complexity index is 703. The molecule has 0 saturated carbocycles. The van der Waals surface area contributed by atoms with Crippen LogP contribution in [0.3, 0.4) is 0 Å². The number of pyridine rings is 1. The Morgan fingerprint density at radius 2 is 1.94 bits per heavy atom. The van der Waals surface area contributed by atoms with Gasteiger partial charge in [-0.1, -0.05) is 18.2 Å². The number of aryl methyl sites for hydroxylation is 1. The minimum Gasteiger partial charge on any atom is -0.213 e. The molecule has 3 aromatic rings. The van der Waals surface area contributed by atoms with Crippen molar-refractivity contribution in [2.24, 2.45) is 0 Å². The average Bonchev–Trinajstić information content (AvgIpc) is 2.78. The second-order valence-corrected chi connectivity index (χ2v) is 4.95. The van der Waals surface area contributed by atoms with Gasteiger partial charge in [0.05, 0.1) is 5.69 Å². The molecule has 90 valence electrons. The van der Waals surface area contributed by atoms with Gasteiger partial charge in [0.2, 0.25) is 0 Å². The first kappa shape index (κ1) is 11.3. The Kier molecular flexibility index (Phi) is 2.80. The molecule has 0 spiro atoms. The molecule has 0 atom stereocenters. The van der Waals surface area contributed by atoms with E-state index < -0.39 is 0 Å². The van der Waals surface area contributed by atoms with Gasteiger partial charge < -0.3 is 0 Å². The number of nitrogens with zero attached hydrogens (tertiary/aromatic N) is 3. The summed E-state index contributed by atoms with van der Waals surface area (Å²) in [5.74, 6) is 0.795. The maximum atomic E-state index is 4.44. The van der Waals surface area contributed by atoms with E-state index in [0.29, 0.717) is 0 Å². The van der Waals surface area contributed by atoms with Crippen LogP contribution in [0, 0.1) is 6.92 Å². The first-order valence-electron chi connectivity index (χ1n) is 5.75. The lowest BCUT2D eigenvalue weighted by Crippen LogP contribution is -1.93. The Hall–Kier alpha value is -1.81. The Balaban J connectivity index is 2.24. The maximum absolute atomic E-state index is 4.44. The predicted octanol–water partition coefficient (Wildman–Crippen LogP) is 3.43. The number of aromatic nitrogens is 3. The summed E-state index contributed by atoms with van der Waals surface area (Å²) in [6, 6.07) is 14.5. The van der Waals surface area contributed by atoms with Gasteiger partial charge in [-0.3, -0.25) is 0 Å². The van der Waals surface area contributed by atoms with Gasteiger partial charge >= 0.3 is 0 Å². The molecule has 2 heterocycles. The van der Waals surface area contributed by atoms with Gasteiger partial charge in [0.15, 0.2) is 5.65 Å². The van der Waals surface area contributed by atoms with Crippen molar-refractivity contribution in [3.05, 3.63) is 48.3 Å². The van der Waals surface area contributed by atoms with Gasteiger partial charge in [-0.2, -0.15) is 5.10 Å². The monoisotopic (exact) mass is 255 g/mol. The molecule has 0 aliphatic heterocycles. The summed E-state index contributed by atoms with van der Waals surface area (Å²) in [4.78, 5) is 5.64. The van der Waals surface area contributed by atoms with Crippen molar-refractivity contribution < 1.29 is 0 Å². The Morgan fingerprint density at radius 3 is 2.78 bits per heavy atom. The fourth-order valence-electron chi connectivity index (χ4n) is 2.01. The molecule has 4 heteroatoms. The van der Waals surface area contributed by atoms with Crippen LogP contribution in [-0.4, -0.2) is 20.9 Å². The Labute approximate surface area is 110 Å². The Morgan fingerprint density at radius 1 is 1.11 bits per heavy atom. The van der Waals surface area contributed by atoms with Crippen molar-refractivity contribution in [1.82, 2.24) is 14.6 Å².